The summed E-state index contributed by atoms with van der Waals surface area (Å²) in [6.07, 6.45) is 1.54. The van der Waals surface area contributed by atoms with Crippen LogP contribution < -0.4 is 0 Å². The lowest BCUT2D eigenvalue weighted by Crippen LogP contribution is -2.20. The van der Waals surface area contributed by atoms with Gasteiger partial charge in [-0.1, -0.05) is 19.8 Å². The molecule has 0 aromatic rings. The van der Waals surface area contributed by atoms with Gasteiger partial charge in [-0.15, -0.1) is 0 Å². The predicted molar refractivity (Wildman–Crippen MR) is 38.0 cm³/mol. The van der Waals surface area contributed by atoms with E-state index in [0.717, 1.165) is 6.42 Å². The van der Waals surface area contributed by atoms with Crippen LogP contribution in [0.15, 0.2) is 0 Å². The van der Waals surface area contributed by atoms with Crippen LogP contribution in [0.4, 0.5) is 0 Å². The van der Waals surface area contributed by atoms with E-state index in [1.54, 1.807) is 0 Å². The SMILES string of the molecule is CCCC[C](C(=O)O)C(=O)O. The minimum atomic E-state index is -1.33. The van der Waals surface area contributed by atoms with Crippen molar-refractivity contribution in [2.75, 3.05) is 0 Å². The van der Waals surface area contributed by atoms with E-state index in [9.17, 15) is 9.59 Å². The average Bonchev–Trinajstić information content (AvgIpc) is 1.87. The first-order chi connectivity index (χ1) is 5.09. The first-order valence-electron chi connectivity index (χ1n) is 3.42. The number of hydrogen-bond acceptors (Lipinski definition) is 2. The molecule has 0 atom stereocenters. The average molecular weight is 159 g/mol. The molecule has 0 aromatic carbocycles. The smallest absolute Gasteiger partial charge is 0.322 e. The standard InChI is InChI=1S/C7H11O4/c1-2-3-4-5(6(8)9)7(10)11/h2-4H2,1H3,(H,8,9)(H,10,11). The Morgan fingerprint density at radius 3 is 1.91 bits per heavy atom. The summed E-state index contributed by atoms with van der Waals surface area (Å²) < 4.78 is 0. The zero-order chi connectivity index (χ0) is 8.85. The first-order valence-corrected chi connectivity index (χ1v) is 3.42. The van der Waals surface area contributed by atoms with E-state index in [1.165, 1.54) is 0 Å². The predicted octanol–water partition coefficient (Wildman–Crippen LogP) is 0.920. The van der Waals surface area contributed by atoms with Gasteiger partial charge in [-0.3, -0.25) is 9.59 Å². The molecule has 0 unspecified atom stereocenters. The maximum Gasteiger partial charge on any atom is 0.322 e. The van der Waals surface area contributed by atoms with Crippen molar-refractivity contribution in [3.05, 3.63) is 5.92 Å². The van der Waals surface area contributed by atoms with E-state index in [-0.39, 0.29) is 6.42 Å². The lowest BCUT2D eigenvalue weighted by Gasteiger charge is -2.03. The number of carbonyl (C=O) groups is 2. The van der Waals surface area contributed by atoms with Gasteiger partial charge in [0.1, 0.15) is 0 Å². The Labute approximate surface area is 64.8 Å². The van der Waals surface area contributed by atoms with Crippen molar-refractivity contribution >= 4 is 11.9 Å². The Kier molecular flexibility index (Phi) is 4.26. The van der Waals surface area contributed by atoms with Gasteiger partial charge in [-0.2, -0.15) is 0 Å². The summed E-state index contributed by atoms with van der Waals surface area (Å²) in [5.41, 5.74) is 0. The Hall–Kier alpha value is -1.06. The van der Waals surface area contributed by atoms with Gasteiger partial charge in [0.15, 0.2) is 5.92 Å². The highest BCUT2D eigenvalue weighted by molar-refractivity contribution is 6.07. The summed E-state index contributed by atoms with van der Waals surface area (Å²) in [6.45, 7) is 1.88. The van der Waals surface area contributed by atoms with Crippen molar-refractivity contribution in [2.45, 2.75) is 26.2 Å². The molecular weight excluding hydrogens is 148 g/mol. The van der Waals surface area contributed by atoms with E-state index in [0.29, 0.717) is 6.42 Å². The molecule has 4 nitrogen and oxygen atoms in total. The molecule has 0 aromatic heterocycles. The van der Waals surface area contributed by atoms with Crippen LogP contribution in [0, 0.1) is 5.92 Å². The summed E-state index contributed by atoms with van der Waals surface area (Å²) in [7, 11) is 0. The van der Waals surface area contributed by atoms with Crippen LogP contribution in [-0.4, -0.2) is 22.2 Å². The van der Waals surface area contributed by atoms with Crippen LogP contribution >= 0.6 is 0 Å². The van der Waals surface area contributed by atoms with Gasteiger partial charge in [0.25, 0.3) is 0 Å². The van der Waals surface area contributed by atoms with Crippen molar-refractivity contribution in [2.24, 2.45) is 0 Å². The third-order valence-electron chi connectivity index (χ3n) is 1.30. The fourth-order valence-corrected chi connectivity index (χ4v) is 0.659. The van der Waals surface area contributed by atoms with Gasteiger partial charge >= 0.3 is 11.9 Å². The second-order valence-corrected chi connectivity index (χ2v) is 2.19. The van der Waals surface area contributed by atoms with Gasteiger partial charge < -0.3 is 10.2 Å². The topological polar surface area (TPSA) is 74.6 Å². The fraction of sp³-hybridized carbons (Fsp3) is 0.571. The Morgan fingerprint density at radius 2 is 1.64 bits per heavy atom. The Balaban J connectivity index is 3.90. The molecule has 2 N–H and O–H groups in total. The molecule has 63 valence electrons. The molecule has 0 fully saturated rings. The highest BCUT2D eigenvalue weighted by atomic mass is 16.4. The van der Waals surface area contributed by atoms with Crippen LogP contribution in [0.25, 0.3) is 0 Å². The van der Waals surface area contributed by atoms with Gasteiger partial charge in [-0.25, -0.2) is 0 Å². The lowest BCUT2D eigenvalue weighted by atomic mass is 10.0. The van der Waals surface area contributed by atoms with Gasteiger partial charge in [0.2, 0.25) is 0 Å². The zero-order valence-electron chi connectivity index (χ0n) is 6.33. The molecule has 0 saturated heterocycles. The normalized spacial score (nSPS) is 10.0. The van der Waals surface area contributed by atoms with Crippen LogP contribution in [-0.2, 0) is 9.59 Å². The van der Waals surface area contributed by atoms with Crippen molar-refractivity contribution in [3.63, 3.8) is 0 Å². The first kappa shape index (κ1) is 9.94. The molecule has 0 aliphatic rings. The quantitative estimate of drug-likeness (QED) is 0.585. The number of unbranched alkanes of at least 4 members (excludes halogenated alkanes) is 1. The zero-order valence-corrected chi connectivity index (χ0v) is 6.33. The molecule has 0 bridgehead atoms. The third-order valence-corrected chi connectivity index (χ3v) is 1.30. The molecule has 0 spiro atoms. The molecule has 11 heavy (non-hydrogen) atoms. The highest BCUT2D eigenvalue weighted by Crippen LogP contribution is 2.10. The van der Waals surface area contributed by atoms with Gasteiger partial charge in [0.05, 0.1) is 0 Å². The van der Waals surface area contributed by atoms with E-state index in [4.69, 9.17) is 10.2 Å². The van der Waals surface area contributed by atoms with Gasteiger partial charge in [-0.05, 0) is 6.42 Å². The summed E-state index contributed by atoms with van der Waals surface area (Å²) in [5.74, 6) is -3.08. The summed E-state index contributed by atoms with van der Waals surface area (Å²) in [4.78, 5) is 20.5. The molecule has 4 heteroatoms. The minimum Gasteiger partial charge on any atom is -0.480 e. The molecule has 0 aliphatic carbocycles. The molecule has 0 saturated carbocycles. The fourth-order valence-electron chi connectivity index (χ4n) is 0.659. The lowest BCUT2D eigenvalue weighted by molar-refractivity contribution is -0.144. The number of carboxylic acids is 2. The molecular formula is C7H11O4. The van der Waals surface area contributed by atoms with Crippen molar-refractivity contribution in [3.8, 4) is 0 Å². The monoisotopic (exact) mass is 159 g/mol. The third kappa shape index (κ3) is 3.60. The summed E-state index contributed by atoms with van der Waals surface area (Å²) in [5, 5.41) is 16.7. The number of carboxylic acid groups (broad SMARTS) is 2. The summed E-state index contributed by atoms with van der Waals surface area (Å²) in [6, 6.07) is 0. The number of rotatable bonds is 5. The van der Waals surface area contributed by atoms with Crippen LogP contribution in [0.1, 0.15) is 26.2 Å². The van der Waals surface area contributed by atoms with Crippen LogP contribution in [0.5, 0.6) is 0 Å². The second kappa shape index (κ2) is 4.71. The largest absolute Gasteiger partial charge is 0.480 e. The minimum absolute atomic E-state index is 0.140. The second-order valence-electron chi connectivity index (χ2n) is 2.19. The Bertz CT molecular complexity index is 139. The van der Waals surface area contributed by atoms with Crippen molar-refractivity contribution in [1.29, 1.82) is 0 Å². The maximum atomic E-state index is 10.2. The molecule has 1 radical (unpaired) electrons. The highest BCUT2D eigenvalue weighted by Gasteiger charge is 2.25. The molecule has 0 rings (SSSR count). The van der Waals surface area contributed by atoms with Crippen molar-refractivity contribution < 1.29 is 19.8 Å². The van der Waals surface area contributed by atoms with E-state index < -0.39 is 17.9 Å². The molecule has 0 heterocycles. The Morgan fingerprint density at radius 1 is 1.18 bits per heavy atom. The van der Waals surface area contributed by atoms with Gasteiger partial charge in [0, 0.05) is 0 Å². The van der Waals surface area contributed by atoms with E-state index in [2.05, 4.69) is 0 Å². The summed E-state index contributed by atoms with van der Waals surface area (Å²) >= 11 is 0. The number of aliphatic carboxylic acids is 2. The van der Waals surface area contributed by atoms with E-state index in [1.807, 2.05) is 6.92 Å². The van der Waals surface area contributed by atoms with Crippen molar-refractivity contribution in [1.82, 2.24) is 0 Å². The maximum absolute atomic E-state index is 10.2. The molecule has 0 aliphatic heterocycles. The van der Waals surface area contributed by atoms with E-state index >= 15 is 0 Å². The van der Waals surface area contributed by atoms with Crippen LogP contribution in [0.2, 0.25) is 0 Å². The van der Waals surface area contributed by atoms with Crippen LogP contribution in [0.3, 0.4) is 0 Å². The number of hydrogen-bond donors (Lipinski definition) is 2. The molecule has 0 amide bonds.